The molecule has 0 spiro atoms. The summed E-state index contributed by atoms with van der Waals surface area (Å²) in [5.41, 5.74) is 0.879. The third-order valence-electron chi connectivity index (χ3n) is 4.51. The van der Waals surface area contributed by atoms with Crippen molar-refractivity contribution in [2.24, 2.45) is 0 Å². The molecule has 1 atom stereocenters. The van der Waals surface area contributed by atoms with Crippen molar-refractivity contribution in [3.63, 3.8) is 0 Å². The van der Waals surface area contributed by atoms with Crippen LogP contribution in [0.2, 0.25) is 0 Å². The van der Waals surface area contributed by atoms with Gasteiger partial charge >= 0.3 is 12.0 Å². The summed E-state index contributed by atoms with van der Waals surface area (Å²) in [6.45, 7) is 1.83. The Hall–Kier alpha value is -3.53. The topological polar surface area (TPSA) is 120 Å². The molecule has 0 aromatic heterocycles. The standard InChI is InChI=1S/C21H21N3O6S/c1-3-30-20(25)18-17(12-31-16-9-7-15(29-2)8-10-16)22-21(26)23-19(18)13-5-4-6-14(11-13)24(27)28/h4-11,19H,3,12H2,1-2H3,(H2,22,23,26)/t19-/m1/s1. The highest BCUT2D eigenvalue weighted by atomic mass is 32.2. The highest BCUT2D eigenvalue weighted by molar-refractivity contribution is 7.99. The van der Waals surface area contributed by atoms with Crippen molar-refractivity contribution in [2.75, 3.05) is 19.5 Å². The van der Waals surface area contributed by atoms with Gasteiger partial charge in [-0.2, -0.15) is 0 Å². The normalized spacial score (nSPS) is 15.7. The molecule has 2 aromatic carbocycles. The molecule has 1 heterocycles. The Kier molecular flexibility index (Phi) is 7.14. The van der Waals surface area contributed by atoms with E-state index in [0.29, 0.717) is 17.0 Å². The quantitative estimate of drug-likeness (QED) is 0.277. The van der Waals surface area contributed by atoms with E-state index in [1.54, 1.807) is 20.1 Å². The predicted octanol–water partition coefficient (Wildman–Crippen LogP) is 3.57. The molecule has 31 heavy (non-hydrogen) atoms. The molecule has 1 aliphatic rings. The average Bonchev–Trinajstić information content (AvgIpc) is 2.77. The molecule has 0 fully saturated rings. The first-order valence-corrected chi connectivity index (χ1v) is 10.4. The summed E-state index contributed by atoms with van der Waals surface area (Å²) in [5.74, 6) is 0.410. The first kappa shape index (κ1) is 22.2. The van der Waals surface area contributed by atoms with Crippen molar-refractivity contribution in [3.05, 3.63) is 75.5 Å². The largest absolute Gasteiger partial charge is 0.497 e. The van der Waals surface area contributed by atoms with Gasteiger partial charge in [-0.05, 0) is 36.8 Å². The minimum Gasteiger partial charge on any atom is -0.497 e. The summed E-state index contributed by atoms with van der Waals surface area (Å²) in [4.78, 5) is 36.7. The van der Waals surface area contributed by atoms with Crippen molar-refractivity contribution >= 4 is 29.4 Å². The van der Waals surface area contributed by atoms with Gasteiger partial charge in [0, 0.05) is 28.5 Å². The van der Waals surface area contributed by atoms with E-state index in [0.717, 1.165) is 10.6 Å². The van der Waals surface area contributed by atoms with Crippen molar-refractivity contribution in [2.45, 2.75) is 17.9 Å². The van der Waals surface area contributed by atoms with E-state index in [4.69, 9.17) is 9.47 Å². The number of nitrogens with one attached hydrogen (secondary N) is 2. The molecule has 10 heteroatoms. The van der Waals surface area contributed by atoms with Gasteiger partial charge < -0.3 is 20.1 Å². The molecule has 0 unspecified atom stereocenters. The number of nitro benzene ring substituents is 1. The van der Waals surface area contributed by atoms with Gasteiger partial charge in [-0.3, -0.25) is 10.1 Å². The van der Waals surface area contributed by atoms with E-state index in [9.17, 15) is 19.7 Å². The van der Waals surface area contributed by atoms with Gasteiger partial charge in [-0.1, -0.05) is 12.1 Å². The summed E-state index contributed by atoms with van der Waals surface area (Å²) >= 11 is 1.42. The highest BCUT2D eigenvalue weighted by Gasteiger charge is 2.34. The van der Waals surface area contributed by atoms with Crippen LogP contribution < -0.4 is 15.4 Å². The summed E-state index contributed by atoms with van der Waals surface area (Å²) in [7, 11) is 1.58. The zero-order valence-electron chi connectivity index (χ0n) is 16.9. The number of methoxy groups -OCH3 is 1. The van der Waals surface area contributed by atoms with E-state index < -0.39 is 23.0 Å². The van der Waals surface area contributed by atoms with Gasteiger partial charge in [-0.15, -0.1) is 11.8 Å². The van der Waals surface area contributed by atoms with E-state index in [2.05, 4.69) is 10.6 Å². The maximum atomic E-state index is 12.8. The molecular weight excluding hydrogens is 422 g/mol. The van der Waals surface area contributed by atoms with Gasteiger partial charge in [-0.25, -0.2) is 9.59 Å². The summed E-state index contributed by atoms with van der Waals surface area (Å²) in [5, 5.41) is 16.5. The smallest absolute Gasteiger partial charge is 0.338 e. The number of urea groups is 1. The Balaban J connectivity index is 1.97. The molecule has 0 radical (unpaired) electrons. The van der Waals surface area contributed by atoms with E-state index >= 15 is 0 Å². The zero-order chi connectivity index (χ0) is 22.4. The van der Waals surface area contributed by atoms with Gasteiger partial charge in [0.15, 0.2) is 0 Å². The lowest BCUT2D eigenvalue weighted by Crippen LogP contribution is -2.46. The molecule has 3 rings (SSSR count). The fourth-order valence-corrected chi connectivity index (χ4v) is 3.94. The Morgan fingerprint density at radius 3 is 2.61 bits per heavy atom. The van der Waals surface area contributed by atoms with Gasteiger partial charge in [0.2, 0.25) is 0 Å². The van der Waals surface area contributed by atoms with Crippen molar-refractivity contribution in [1.29, 1.82) is 0 Å². The molecule has 0 bridgehead atoms. The van der Waals surface area contributed by atoms with Crippen LogP contribution in [0, 0.1) is 10.1 Å². The van der Waals surface area contributed by atoms with Crippen LogP contribution in [-0.2, 0) is 9.53 Å². The summed E-state index contributed by atoms with van der Waals surface area (Å²) in [6, 6.07) is 11.8. The molecule has 2 N–H and O–H groups in total. The predicted molar refractivity (Wildman–Crippen MR) is 115 cm³/mol. The van der Waals surface area contributed by atoms with Crippen LogP contribution in [0.5, 0.6) is 5.75 Å². The Morgan fingerprint density at radius 1 is 1.23 bits per heavy atom. The molecule has 162 valence electrons. The molecular formula is C21H21N3O6S. The molecule has 9 nitrogen and oxygen atoms in total. The van der Waals surface area contributed by atoms with Gasteiger partial charge in [0.1, 0.15) is 5.75 Å². The van der Waals surface area contributed by atoms with E-state index in [1.165, 1.54) is 30.0 Å². The van der Waals surface area contributed by atoms with Crippen LogP contribution in [0.15, 0.2) is 64.7 Å². The highest BCUT2D eigenvalue weighted by Crippen LogP contribution is 2.32. The van der Waals surface area contributed by atoms with Crippen LogP contribution in [0.1, 0.15) is 18.5 Å². The number of hydrogen-bond donors (Lipinski definition) is 2. The monoisotopic (exact) mass is 443 g/mol. The number of nitrogens with zero attached hydrogens (tertiary/aromatic N) is 1. The number of amides is 2. The number of carbonyl (C=O) groups excluding carboxylic acids is 2. The first-order valence-electron chi connectivity index (χ1n) is 9.41. The van der Waals surface area contributed by atoms with Crippen molar-refractivity contribution in [1.82, 2.24) is 10.6 Å². The van der Waals surface area contributed by atoms with E-state index in [-0.39, 0.29) is 17.9 Å². The van der Waals surface area contributed by atoms with Crippen molar-refractivity contribution < 1.29 is 24.0 Å². The Bertz CT molecular complexity index is 1020. The molecule has 0 saturated carbocycles. The van der Waals surface area contributed by atoms with E-state index in [1.807, 2.05) is 24.3 Å². The number of ether oxygens (including phenoxy) is 2. The molecule has 1 aliphatic heterocycles. The van der Waals surface area contributed by atoms with Crippen molar-refractivity contribution in [3.8, 4) is 5.75 Å². The Labute approximate surface area is 183 Å². The number of non-ortho nitro benzene ring substituents is 1. The average molecular weight is 443 g/mol. The van der Waals surface area contributed by atoms with Crippen LogP contribution in [-0.4, -0.2) is 36.4 Å². The zero-order valence-corrected chi connectivity index (χ0v) is 17.7. The SMILES string of the molecule is CCOC(=O)C1=C(CSc2ccc(OC)cc2)NC(=O)N[C@@H]1c1cccc([N+](=O)[O-])c1. The Morgan fingerprint density at radius 2 is 1.97 bits per heavy atom. The van der Waals surface area contributed by atoms with Crippen LogP contribution in [0.4, 0.5) is 10.5 Å². The van der Waals surface area contributed by atoms with Gasteiger partial charge in [0.25, 0.3) is 5.69 Å². The summed E-state index contributed by atoms with van der Waals surface area (Å²) < 4.78 is 10.4. The fourth-order valence-electron chi connectivity index (χ4n) is 3.08. The lowest BCUT2D eigenvalue weighted by atomic mass is 9.95. The summed E-state index contributed by atoms with van der Waals surface area (Å²) in [6.07, 6.45) is 0. The molecule has 2 aromatic rings. The molecule has 0 aliphatic carbocycles. The number of benzene rings is 2. The van der Waals surface area contributed by atoms with Crippen LogP contribution in [0.25, 0.3) is 0 Å². The second kappa shape index (κ2) is 9.98. The number of rotatable bonds is 8. The van der Waals surface area contributed by atoms with Gasteiger partial charge in [0.05, 0.1) is 30.3 Å². The number of thioether (sulfide) groups is 1. The second-order valence-corrected chi connectivity index (χ2v) is 7.51. The molecule has 0 saturated heterocycles. The third-order valence-corrected chi connectivity index (χ3v) is 5.54. The third kappa shape index (κ3) is 5.34. The minimum absolute atomic E-state index is 0.136. The van der Waals surface area contributed by atoms with Crippen LogP contribution >= 0.6 is 11.8 Å². The number of esters is 1. The maximum Gasteiger partial charge on any atom is 0.338 e. The maximum absolute atomic E-state index is 12.8. The fraction of sp³-hybridized carbons (Fsp3) is 0.238. The van der Waals surface area contributed by atoms with Crippen LogP contribution in [0.3, 0.4) is 0 Å². The number of hydrogen-bond acceptors (Lipinski definition) is 7. The second-order valence-electron chi connectivity index (χ2n) is 6.46. The molecule has 2 amide bonds. The number of carbonyl (C=O) groups is 2. The lowest BCUT2D eigenvalue weighted by molar-refractivity contribution is -0.384. The number of nitro groups is 1. The first-order chi connectivity index (χ1) is 14.9. The lowest BCUT2D eigenvalue weighted by Gasteiger charge is -2.29. The minimum atomic E-state index is -0.876.